The van der Waals surface area contributed by atoms with Gasteiger partial charge in [0.15, 0.2) is 11.6 Å². The molecule has 0 N–H and O–H groups in total. The average molecular weight is 349 g/mol. The van der Waals surface area contributed by atoms with Crippen LogP contribution in [-0.2, 0) is 13.2 Å². The summed E-state index contributed by atoms with van der Waals surface area (Å²) in [5.41, 5.74) is -4.75. The first-order valence-electron chi connectivity index (χ1n) is 5.74. The third-order valence-corrected chi connectivity index (χ3v) is 3.14. The van der Waals surface area contributed by atoms with Crippen LogP contribution in [0, 0.1) is 17.1 Å². The molecule has 2 aromatic rings. The Labute approximate surface area is 129 Å². The maximum absolute atomic E-state index is 13.9. The van der Waals surface area contributed by atoms with Crippen LogP contribution < -0.4 is 11.2 Å². The number of halogens is 5. The van der Waals surface area contributed by atoms with Gasteiger partial charge >= 0.3 is 11.9 Å². The van der Waals surface area contributed by atoms with Crippen molar-refractivity contribution < 1.29 is 17.6 Å². The summed E-state index contributed by atoms with van der Waals surface area (Å²) in [5, 5.41) is 8.18. The van der Waals surface area contributed by atoms with E-state index in [9.17, 15) is 27.2 Å². The first kappa shape index (κ1) is 16.7. The SMILES string of the molecule is Cn1c(C(F)(F)F)cc(=O)n(-c2nc(Cl)c(C#N)cc2F)c1=O. The van der Waals surface area contributed by atoms with Crippen molar-refractivity contribution in [3.05, 3.63) is 55.2 Å². The molecule has 2 heterocycles. The Bertz CT molecular complexity index is 956. The van der Waals surface area contributed by atoms with Gasteiger partial charge in [-0.05, 0) is 6.07 Å². The summed E-state index contributed by atoms with van der Waals surface area (Å²) in [7, 11) is 0.768. The zero-order valence-electron chi connectivity index (χ0n) is 11.1. The van der Waals surface area contributed by atoms with Crippen molar-refractivity contribution in [2.45, 2.75) is 6.18 Å². The molecule has 11 heteroatoms. The highest BCUT2D eigenvalue weighted by atomic mass is 35.5. The van der Waals surface area contributed by atoms with Crippen molar-refractivity contribution in [1.29, 1.82) is 5.26 Å². The van der Waals surface area contributed by atoms with E-state index in [1.807, 2.05) is 0 Å². The van der Waals surface area contributed by atoms with Crippen LogP contribution in [0.15, 0.2) is 21.7 Å². The Morgan fingerprint density at radius 2 is 1.91 bits per heavy atom. The largest absolute Gasteiger partial charge is 0.431 e. The molecule has 0 radical (unpaired) electrons. The molecular formula is C12H5ClF4N4O2. The van der Waals surface area contributed by atoms with Gasteiger partial charge in [-0.2, -0.15) is 18.4 Å². The highest BCUT2D eigenvalue weighted by molar-refractivity contribution is 6.30. The van der Waals surface area contributed by atoms with E-state index < -0.39 is 39.9 Å². The zero-order chi connectivity index (χ0) is 17.5. The summed E-state index contributed by atoms with van der Waals surface area (Å²) < 4.78 is 52.3. The molecule has 0 amide bonds. The quantitative estimate of drug-likeness (QED) is 0.579. The van der Waals surface area contributed by atoms with Crippen molar-refractivity contribution in [1.82, 2.24) is 14.1 Å². The lowest BCUT2D eigenvalue weighted by molar-refractivity contribution is -0.144. The van der Waals surface area contributed by atoms with Crippen LogP contribution in [0.4, 0.5) is 17.6 Å². The minimum atomic E-state index is -4.94. The summed E-state index contributed by atoms with van der Waals surface area (Å²) in [6.45, 7) is 0. The molecule has 2 rings (SSSR count). The molecule has 0 saturated heterocycles. The molecule has 120 valence electrons. The number of hydrogen-bond donors (Lipinski definition) is 0. The van der Waals surface area contributed by atoms with Gasteiger partial charge in [0.25, 0.3) is 5.56 Å². The van der Waals surface area contributed by atoms with Crippen LogP contribution in [0.3, 0.4) is 0 Å². The second kappa shape index (κ2) is 5.51. The van der Waals surface area contributed by atoms with Crippen molar-refractivity contribution in [2.75, 3.05) is 0 Å². The summed E-state index contributed by atoms with van der Waals surface area (Å²) in [4.78, 5) is 27.2. The molecular weight excluding hydrogens is 344 g/mol. The lowest BCUT2D eigenvalue weighted by Crippen LogP contribution is -2.41. The fourth-order valence-electron chi connectivity index (χ4n) is 1.79. The molecule has 0 atom stereocenters. The Hall–Kier alpha value is -2.67. The lowest BCUT2D eigenvalue weighted by Gasteiger charge is -2.13. The number of aromatic nitrogens is 3. The number of rotatable bonds is 1. The maximum atomic E-state index is 13.9. The topological polar surface area (TPSA) is 80.7 Å². The molecule has 0 aliphatic carbocycles. The number of pyridine rings is 1. The Kier molecular flexibility index (Phi) is 4.00. The molecule has 2 aromatic heterocycles. The maximum Gasteiger partial charge on any atom is 0.431 e. The van der Waals surface area contributed by atoms with Gasteiger partial charge in [-0.3, -0.25) is 9.36 Å². The third-order valence-electron chi connectivity index (χ3n) is 2.85. The van der Waals surface area contributed by atoms with Crippen LogP contribution >= 0.6 is 11.6 Å². The molecule has 0 aliphatic heterocycles. The number of nitrogens with zero attached hydrogens (tertiary/aromatic N) is 4. The fourth-order valence-corrected chi connectivity index (χ4v) is 1.96. The van der Waals surface area contributed by atoms with E-state index in [1.165, 1.54) is 6.07 Å². The minimum Gasteiger partial charge on any atom is -0.292 e. The lowest BCUT2D eigenvalue weighted by atomic mass is 10.3. The van der Waals surface area contributed by atoms with E-state index in [0.717, 1.165) is 7.05 Å². The number of alkyl halides is 3. The molecule has 0 fully saturated rings. The van der Waals surface area contributed by atoms with Gasteiger partial charge in [-0.1, -0.05) is 11.6 Å². The molecule has 0 aliphatic rings. The van der Waals surface area contributed by atoms with Crippen LogP contribution in [0.5, 0.6) is 0 Å². The van der Waals surface area contributed by atoms with Gasteiger partial charge < -0.3 is 0 Å². The van der Waals surface area contributed by atoms with E-state index in [2.05, 4.69) is 4.98 Å². The zero-order valence-corrected chi connectivity index (χ0v) is 11.9. The van der Waals surface area contributed by atoms with Gasteiger partial charge in [0.05, 0.1) is 5.56 Å². The molecule has 0 unspecified atom stereocenters. The Morgan fingerprint density at radius 1 is 1.30 bits per heavy atom. The van der Waals surface area contributed by atoms with Crippen molar-refractivity contribution in [3.63, 3.8) is 0 Å². The second-order valence-electron chi connectivity index (χ2n) is 4.29. The second-order valence-corrected chi connectivity index (χ2v) is 4.64. The summed E-state index contributed by atoms with van der Waals surface area (Å²) >= 11 is 5.60. The Balaban J connectivity index is 2.85. The predicted molar refractivity (Wildman–Crippen MR) is 69.8 cm³/mol. The van der Waals surface area contributed by atoms with Crippen molar-refractivity contribution >= 4 is 11.6 Å². The first-order valence-corrected chi connectivity index (χ1v) is 6.12. The molecule has 23 heavy (non-hydrogen) atoms. The number of hydrogen-bond acceptors (Lipinski definition) is 4. The fraction of sp³-hybridized carbons (Fsp3) is 0.167. The van der Waals surface area contributed by atoms with Gasteiger partial charge in [0.1, 0.15) is 16.9 Å². The molecule has 6 nitrogen and oxygen atoms in total. The molecule has 0 spiro atoms. The summed E-state index contributed by atoms with van der Waals surface area (Å²) in [6, 6.07) is 2.28. The monoisotopic (exact) mass is 348 g/mol. The molecule has 0 bridgehead atoms. The Morgan fingerprint density at radius 3 is 2.43 bits per heavy atom. The third kappa shape index (κ3) is 2.83. The van der Waals surface area contributed by atoms with E-state index in [4.69, 9.17) is 16.9 Å². The smallest absolute Gasteiger partial charge is 0.292 e. The van der Waals surface area contributed by atoms with Crippen LogP contribution in [-0.4, -0.2) is 14.1 Å². The first-order chi connectivity index (χ1) is 10.6. The van der Waals surface area contributed by atoms with E-state index >= 15 is 0 Å². The highest BCUT2D eigenvalue weighted by Crippen LogP contribution is 2.27. The average Bonchev–Trinajstić information content (AvgIpc) is 2.45. The van der Waals surface area contributed by atoms with Gasteiger partial charge in [0.2, 0.25) is 0 Å². The van der Waals surface area contributed by atoms with Crippen molar-refractivity contribution in [3.8, 4) is 11.9 Å². The van der Waals surface area contributed by atoms with Crippen LogP contribution in [0.1, 0.15) is 11.3 Å². The van der Waals surface area contributed by atoms with Gasteiger partial charge in [-0.15, -0.1) is 0 Å². The molecule has 0 saturated carbocycles. The number of nitriles is 1. The van der Waals surface area contributed by atoms with E-state index in [1.54, 1.807) is 0 Å². The highest BCUT2D eigenvalue weighted by Gasteiger charge is 2.35. The van der Waals surface area contributed by atoms with Crippen LogP contribution in [0.2, 0.25) is 5.15 Å². The van der Waals surface area contributed by atoms with Crippen molar-refractivity contribution in [2.24, 2.45) is 7.05 Å². The van der Waals surface area contributed by atoms with E-state index in [-0.39, 0.29) is 20.8 Å². The normalized spacial score (nSPS) is 11.3. The minimum absolute atomic E-state index is 0.0948. The predicted octanol–water partition coefficient (Wildman–Crippen LogP) is 1.61. The molecule has 0 aromatic carbocycles. The van der Waals surface area contributed by atoms with Crippen LogP contribution in [0.25, 0.3) is 5.82 Å². The summed E-state index contributed by atoms with van der Waals surface area (Å²) in [6.07, 6.45) is -4.94. The van der Waals surface area contributed by atoms with Gasteiger partial charge in [-0.25, -0.2) is 18.7 Å². The van der Waals surface area contributed by atoms with Gasteiger partial charge in [0, 0.05) is 13.1 Å². The van der Waals surface area contributed by atoms with E-state index in [0.29, 0.717) is 6.07 Å². The standard InChI is InChI=1S/C12H5ClF4N4O2/c1-20-7(12(15,16)17)3-8(22)21(11(20)23)10-6(14)2-5(4-18)9(13)19-10/h2-3H,1H3. The summed E-state index contributed by atoms with van der Waals surface area (Å²) in [5.74, 6) is -2.15.